The van der Waals surface area contributed by atoms with Crippen molar-refractivity contribution in [2.45, 2.75) is 32.2 Å². The molecule has 30 heavy (non-hydrogen) atoms. The van der Waals surface area contributed by atoms with Crippen LogP contribution < -0.4 is 4.74 Å². The van der Waals surface area contributed by atoms with Crippen molar-refractivity contribution in [2.24, 2.45) is 0 Å². The molecule has 0 bridgehead atoms. The highest BCUT2D eigenvalue weighted by Crippen LogP contribution is 2.32. The van der Waals surface area contributed by atoms with E-state index in [-0.39, 0.29) is 5.91 Å². The molecule has 1 aliphatic rings. The van der Waals surface area contributed by atoms with Gasteiger partial charge in [0.05, 0.1) is 7.11 Å². The predicted octanol–water partition coefficient (Wildman–Crippen LogP) is 4.66. The zero-order valence-corrected chi connectivity index (χ0v) is 18.1. The van der Waals surface area contributed by atoms with E-state index in [9.17, 15) is 4.79 Å². The van der Waals surface area contributed by atoms with Gasteiger partial charge in [0, 0.05) is 36.7 Å². The molecule has 0 aliphatic carbocycles. The molecule has 1 fully saturated rings. The van der Waals surface area contributed by atoms with Crippen LogP contribution in [-0.2, 0) is 6.54 Å². The van der Waals surface area contributed by atoms with Crippen LogP contribution in [0.5, 0.6) is 5.75 Å². The molecule has 6 nitrogen and oxygen atoms in total. The van der Waals surface area contributed by atoms with E-state index in [2.05, 4.69) is 17.1 Å². The summed E-state index contributed by atoms with van der Waals surface area (Å²) in [6.45, 7) is 4.29. The minimum absolute atomic E-state index is 0.0580. The normalized spacial score (nSPS) is 14.7. The highest BCUT2D eigenvalue weighted by molar-refractivity contribution is 7.71. The summed E-state index contributed by atoms with van der Waals surface area (Å²) >= 11 is 5.31. The number of ether oxygens (including phenoxy) is 1. The summed E-state index contributed by atoms with van der Waals surface area (Å²) < 4.78 is 8.23. The minimum atomic E-state index is 0.0580. The number of hydrogen-bond donors (Lipinski definition) is 1. The summed E-state index contributed by atoms with van der Waals surface area (Å²) in [6, 6.07) is 15.7. The number of piperidine rings is 1. The first kappa shape index (κ1) is 20.3. The molecular weight excluding hydrogens is 396 g/mol. The molecule has 0 saturated carbocycles. The van der Waals surface area contributed by atoms with Crippen LogP contribution >= 0.6 is 12.2 Å². The summed E-state index contributed by atoms with van der Waals surface area (Å²) in [5.74, 6) is 2.14. The van der Waals surface area contributed by atoms with Gasteiger partial charge >= 0.3 is 0 Å². The topological polar surface area (TPSA) is 63.1 Å². The van der Waals surface area contributed by atoms with E-state index in [0.717, 1.165) is 42.1 Å². The molecule has 3 aromatic rings. The number of aromatic nitrogens is 3. The fraction of sp³-hybridized carbons (Fsp3) is 0.348. The molecule has 2 aromatic carbocycles. The van der Waals surface area contributed by atoms with Crippen LogP contribution in [-0.4, -0.2) is 45.8 Å². The lowest BCUT2D eigenvalue weighted by molar-refractivity contribution is 0.0710. The number of nitrogens with one attached hydrogen (secondary N) is 1. The molecule has 0 atom stereocenters. The summed E-state index contributed by atoms with van der Waals surface area (Å²) in [5, 5.41) is 7.33. The number of rotatable bonds is 5. The fourth-order valence-corrected chi connectivity index (χ4v) is 4.42. The van der Waals surface area contributed by atoms with Gasteiger partial charge in [-0.2, -0.15) is 5.10 Å². The Morgan fingerprint density at radius 2 is 1.93 bits per heavy atom. The fourth-order valence-electron chi connectivity index (χ4n) is 4.15. The second-order valence-corrected chi connectivity index (χ2v) is 7.87. The molecule has 2 heterocycles. The van der Waals surface area contributed by atoms with Gasteiger partial charge in [-0.05, 0) is 55.7 Å². The summed E-state index contributed by atoms with van der Waals surface area (Å²) in [7, 11) is 1.65. The molecule has 1 saturated heterocycles. The number of likely N-dealkylation sites (tertiary alicyclic amines) is 1. The van der Waals surface area contributed by atoms with Crippen molar-refractivity contribution in [3.8, 4) is 16.9 Å². The number of hydrogen-bond acceptors (Lipinski definition) is 4. The van der Waals surface area contributed by atoms with E-state index in [1.54, 1.807) is 7.11 Å². The van der Waals surface area contributed by atoms with Crippen LogP contribution in [0, 0.1) is 4.77 Å². The first-order valence-corrected chi connectivity index (χ1v) is 10.7. The SMILES string of the molecule is CCn1c(C2CCN(C(=O)c3ccc(OC)c(-c4ccccc4)c3)CC2)n[nH]c1=S. The summed E-state index contributed by atoms with van der Waals surface area (Å²) in [5.41, 5.74) is 2.65. The lowest BCUT2D eigenvalue weighted by atomic mass is 9.95. The highest BCUT2D eigenvalue weighted by Gasteiger charge is 2.27. The minimum Gasteiger partial charge on any atom is -0.496 e. The van der Waals surface area contributed by atoms with E-state index in [1.807, 2.05) is 58.0 Å². The number of amides is 1. The summed E-state index contributed by atoms with van der Waals surface area (Å²) in [6.07, 6.45) is 1.76. The Balaban J connectivity index is 1.51. The second-order valence-electron chi connectivity index (χ2n) is 7.48. The number of methoxy groups -OCH3 is 1. The van der Waals surface area contributed by atoms with Gasteiger partial charge in [-0.25, -0.2) is 0 Å². The van der Waals surface area contributed by atoms with Gasteiger partial charge in [0.25, 0.3) is 5.91 Å². The van der Waals surface area contributed by atoms with Crippen LogP contribution in [0.2, 0.25) is 0 Å². The molecule has 0 unspecified atom stereocenters. The lowest BCUT2D eigenvalue weighted by Crippen LogP contribution is -2.38. The number of nitrogens with zero attached hydrogens (tertiary/aromatic N) is 3. The molecular formula is C23H26N4O2S. The quantitative estimate of drug-likeness (QED) is 0.608. The maximum Gasteiger partial charge on any atom is 0.253 e. The Morgan fingerprint density at radius 3 is 2.60 bits per heavy atom. The van der Waals surface area contributed by atoms with Gasteiger partial charge < -0.3 is 14.2 Å². The van der Waals surface area contributed by atoms with Gasteiger partial charge in [0.1, 0.15) is 11.6 Å². The molecule has 1 aromatic heterocycles. The Labute approximate surface area is 181 Å². The van der Waals surface area contributed by atoms with Gasteiger partial charge in [-0.3, -0.25) is 9.89 Å². The third-order valence-electron chi connectivity index (χ3n) is 5.78. The monoisotopic (exact) mass is 422 g/mol. The Hall–Kier alpha value is -2.93. The van der Waals surface area contributed by atoms with E-state index >= 15 is 0 Å². The van der Waals surface area contributed by atoms with E-state index in [0.29, 0.717) is 29.3 Å². The maximum absolute atomic E-state index is 13.2. The average molecular weight is 423 g/mol. The van der Waals surface area contributed by atoms with Crippen molar-refractivity contribution in [3.05, 3.63) is 64.7 Å². The second kappa shape index (κ2) is 8.83. The molecule has 156 valence electrons. The van der Waals surface area contributed by atoms with Crippen molar-refractivity contribution < 1.29 is 9.53 Å². The van der Waals surface area contributed by atoms with Crippen molar-refractivity contribution >= 4 is 18.1 Å². The van der Waals surface area contributed by atoms with E-state index in [1.165, 1.54) is 0 Å². The zero-order chi connectivity index (χ0) is 21.1. The number of H-pyrrole nitrogens is 1. The first-order chi connectivity index (χ1) is 14.6. The van der Waals surface area contributed by atoms with Crippen LogP contribution in [0.1, 0.15) is 41.9 Å². The van der Waals surface area contributed by atoms with Crippen LogP contribution in [0.25, 0.3) is 11.1 Å². The van der Waals surface area contributed by atoms with Crippen molar-refractivity contribution in [2.75, 3.05) is 20.2 Å². The standard InChI is InChI=1S/C23H26N4O2S/c1-3-27-21(24-25-23(27)30)17-11-13-26(14-12-17)22(28)18-9-10-20(29-2)19(15-18)16-7-5-4-6-8-16/h4-10,15,17H,3,11-14H2,1-2H3,(H,25,30). The maximum atomic E-state index is 13.2. The summed E-state index contributed by atoms with van der Waals surface area (Å²) in [4.78, 5) is 15.1. The Morgan fingerprint density at radius 1 is 1.20 bits per heavy atom. The molecule has 0 radical (unpaired) electrons. The molecule has 4 rings (SSSR count). The van der Waals surface area contributed by atoms with Crippen LogP contribution in [0.4, 0.5) is 0 Å². The Kier molecular flexibility index (Phi) is 5.99. The van der Waals surface area contributed by atoms with Crippen LogP contribution in [0.3, 0.4) is 0 Å². The van der Waals surface area contributed by atoms with Crippen molar-refractivity contribution in [3.63, 3.8) is 0 Å². The number of benzene rings is 2. The largest absolute Gasteiger partial charge is 0.496 e. The number of carbonyl (C=O) groups is 1. The predicted molar refractivity (Wildman–Crippen MR) is 119 cm³/mol. The van der Waals surface area contributed by atoms with Gasteiger partial charge in [-0.15, -0.1) is 0 Å². The third-order valence-corrected chi connectivity index (χ3v) is 6.09. The van der Waals surface area contributed by atoms with Crippen molar-refractivity contribution in [1.29, 1.82) is 0 Å². The number of carbonyl (C=O) groups excluding carboxylic acids is 1. The Bertz CT molecular complexity index is 1080. The van der Waals surface area contributed by atoms with Gasteiger partial charge in [-0.1, -0.05) is 30.3 Å². The molecule has 1 amide bonds. The third kappa shape index (κ3) is 3.89. The molecule has 0 spiro atoms. The molecule has 1 N–H and O–H groups in total. The zero-order valence-electron chi connectivity index (χ0n) is 17.3. The average Bonchev–Trinajstić information content (AvgIpc) is 3.19. The lowest BCUT2D eigenvalue weighted by Gasteiger charge is -2.31. The highest BCUT2D eigenvalue weighted by atomic mass is 32.1. The molecule has 1 aliphatic heterocycles. The number of aromatic amines is 1. The van der Waals surface area contributed by atoms with Crippen molar-refractivity contribution in [1.82, 2.24) is 19.7 Å². The molecule has 7 heteroatoms. The van der Waals surface area contributed by atoms with E-state index in [4.69, 9.17) is 17.0 Å². The van der Waals surface area contributed by atoms with E-state index < -0.39 is 0 Å². The van der Waals surface area contributed by atoms with Crippen LogP contribution in [0.15, 0.2) is 48.5 Å². The first-order valence-electron chi connectivity index (χ1n) is 10.3. The smallest absolute Gasteiger partial charge is 0.253 e. The van der Waals surface area contributed by atoms with Gasteiger partial charge in [0.15, 0.2) is 4.77 Å². The van der Waals surface area contributed by atoms with Gasteiger partial charge in [0.2, 0.25) is 0 Å².